The van der Waals surface area contributed by atoms with Crippen molar-refractivity contribution >= 4 is 23.4 Å². The van der Waals surface area contributed by atoms with E-state index in [1.807, 2.05) is 12.1 Å². The average Bonchev–Trinajstić information content (AvgIpc) is 2.98. The van der Waals surface area contributed by atoms with E-state index in [0.717, 1.165) is 0 Å². The van der Waals surface area contributed by atoms with Gasteiger partial charge < -0.3 is 19.3 Å². The van der Waals surface area contributed by atoms with Crippen LogP contribution >= 0.6 is 11.6 Å². The molecular formula is C21H23ClN2O4. The molecule has 0 bridgehead atoms. The zero-order chi connectivity index (χ0) is 19.9. The lowest BCUT2D eigenvalue weighted by Gasteiger charge is -2.22. The molecule has 0 N–H and O–H groups in total. The minimum absolute atomic E-state index is 0.0669. The van der Waals surface area contributed by atoms with Crippen molar-refractivity contribution in [1.82, 2.24) is 9.80 Å². The maximum Gasteiger partial charge on any atom is 0.260 e. The Hall–Kier alpha value is -2.73. The van der Waals surface area contributed by atoms with Gasteiger partial charge in [-0.1, -0.05) is 29.8 Å². The first-order chi connectivity index (χ1) is 13.6. The Balaban J connectivity index is 1.55. The highest BCUT2D eigenvalue weighted by Crippen LogP contribution is 2.25. The molecule has 2 aromatic carbocycles. The van der Waals surface area contributed by atoms with Crippen LogP contribution in [0.5, 0.6) is 11.5 Å². The largest absolute Gasteiger partial charge is 0.493 e. The lowest BCUT2D eigenvalue weighted by Crippen LogP contribution is -2.39. The fourth-order valence-electron chi connectivity index (χ4n) is 3.14. The molecule has 1 saturated heterocycles. The number of hydrogen-bond donors (Lipinski definition) is 0. The van der Waals surface area contributed by atoms with Crippen LogP contribution in [-0.2, 0) is 4.79 Å². The van der Waals surface area contributed by atoms with Gasteiger partial charge in [-0.25, -0.2) is 0 Å². The van der Waals surface area contributed by atoms with Crippen LogP contribution in [0, 0.1) is 0 Å². The second-order valence-electron chi connectivity index (χ2n) is 6.48. The van der Waals surface area contributed by atoms with Gasteiger partial charge in [0.1, 0.15) is 0 Å². The molecule has 148 valence electrons. The second kappa shape index (κ2) is 9.46. The first-order valence-electron chi connectivity index (χ1n) is 9.17. The third kappa shape index (κ3) is 4.95. The molecule has 6 nitrogen and oxygen atoms in total. The summed E-state index contributed by atoms with van der Waals surface area (Å²) in [4.78, 5) is 28.7. The molecule has 0 unspecified atom stereocenters. The monoisotopic (exact) mass is 402 g/mol. The third-order valence-electron chi connectivity index (χ3n) is 4.63. The van der Waals surface area contributed by atoms with E-state index < -0.39 is 0 Å². The number of hydrogen-bond acceptors (Lipinski definition) is 4. The Morgan fingerprint density at radius 1 is 0.964 bits per heavy atom. The van der Waals surface area contributed by atoms with E-state index in [0.29, 0.717) is 54.7 Å². The van der Waals surface area contributed by atoms with Crippen LogP contribution in [0.15, 0.2) is 48.5 Å². The fraction of sp³-hybridized carbons (Fsp3) is 0.333. The molecule has 1 heterocycles. The standard InChI is InChI=1S/C21H23ClN2O4/c1-27-18-8-2-3-9-19(18)28-15-20(25)23-10-5-11-24(13-12-23)21(26)16-6-4-7-17(22)14-16/h2-4,6-9,14H,5,10-13,15H2,1H3. The van der Waals surface area contributed by atoms with E-state index in [-0.39, 0.29) is 18.4 Å². The number of rotatable bonds is 5. The molecule has 0 saturated carbocycles. The van der Waals surface area contributed by atoms with Crippen LogP contribution in [0.1, 0.15) is 16.8 Å². The number of carbonyl (C=O) groups excluding carboxylic acids is 2. The maximum atomic E-state index is 12.7. The lowest BCUT2D eigenvalue weighted by atomic mass is 10.2. The van der Waals surface area contributed by atoms with E-state index in [9.17, 15) is 9.59 Å². The van der Waals surface area contributed by atoms with Crippen molar-refractivity contribution in [1.29, 1.82) is 0 Å². The van der Waals surface area contributed by atoms with Gasteiger partial charge in [-0.15, -0.1) is 0 Å². The van der Waals surface area contributed by atoms with Crippen LogP contribution in [0.3, 0.4) is 0 Å². The summed E-state index contributed by atoms with van der Waals surface area (Å²) in [6.45, 7) is 2.07. The Bertz CT molecular complexity index is 843. The van der Waals surface area contributed by atoms with Crippen LogP contribution in [0.4, 0.5) is 0 Å². The topological polar surface area (TPSA) is 59.1 Å². The molecule has 1 fully saturated rings. The average molecular weight is 403 g/mol. The quantitative estimate of drug-likeness (QED) is 0.771. The summed E-state index contributed by atoms with van der Waals surface area (Å²) < 4.78 is 10.9. The van der Waals surface area contributed by atoms with Crippen molar-refractivity contribution < 1.29 is 19.1 Å². The zero-order valence-electron chi connectivity index (χ0n) is 15.8. The summed E-state index contributed by atoms with van der Waals surface area (Å²) >= 11 is 5.99. The van der Waals surface area contributed by atoms with Crippen molar-refractivity contribution in [2.75, 3.05) is 39.9 Å². The minimum atomic E-state index is -0.108. The molecule has 1 aliphatic rings. The summed E-state index contributed by atoms with van der Waals surface area (Å²) in [5, 5.41) is 0.533. The van der Waals surface area contributed by atoms with Crippen molar-refractivity contribution in [2.45, 2.75) is 6.42 Å². The third-order valence-corrected chi connectivity index (χ3v) is 4.86. The van der Waals surface area contributed by atoms with Gasteiger partial charge in [0.05, 0.1) is 7.11 Å². The van der Waals surface area contributed by atoms with Gasteiger partial charge in [0.25, 0.3) is 11.8 Å². The number of para-hydroxylation sites is 2. The Kier molecular flexibility index (Phi) is 6.76. The van der Waals surface area contributed by atoms with E-state index in [1.54, 1.807) is 53.3 Å². The fourth-order valence-corrected chi connectivity index (χ4v) is 3.33. The smallest absolute Gasteiger partial charge is 0.260 e. The molecule has 2 aromatic rings. The summed E-state index contributed by atoms with van der Waals surface area (Å²) in [6.07, 6.45) is 0.715. The predicted octanol–water partition coefficient (Wildman–Crippen LogP) is 3.10. The van der Waals surface area contributed by atoms with Gasteiger partial charge in [-0.2, -0.15) is 0 Å². The number of nitrogens with zero attached hydrogens (tertiary/aromatic N) is 2. The van der Waals surface area contributed by atoms with Crippen molar-refractivity contribution in [3.63, 3.8) is 0 Å². The molecular weight excluding hydrogens is 380 g/mol. The second-order valence-corrected chi connectivity index (χ2v) is 6.91. The van der Waals surface area contributed by atoms with Crippen molar-refractivity contribution in [3.8, 4) is 11.5 Å². The molecule has 0 aromatic heterocycles. The molecule has 0 spiro atoms. The highest BCUT2D eigenvalue weighted by atomic mass is 35.5. The van der Waals surface area contributed by atoms with Gasteiger partial charge in [0, 0.05) is 36.8 Å². The summed E-state index contributed by atoms with van der Waals surface area (Å²) in [6, 6.07) is 14.1. The van der Waals surface area contributed by atoms with E-state index in [4.69, 9.17) is 21.1 Å². The minimum Gasteiger partial charge on any atom is -0.493 e. The lowest BCUT2D eigenvalue weighted by molar-refractivity contribution is -0.133. The van der Waals surface area contributed by atoms with Gasteiger partial charge in [0.15, 0.2) is 18.1 Å². The Morgan fingerprint density at radius 2 is 1.68 bits per heavy atom. The molecule has 0 aliphatic carbocycles. The Labute approximate surface area is 169 Å². The van der Waals surface area contributed by atoms with Crippen LogP contribution < -0.4 is 9.47 Å². The molecule has 0 atom stereocenters. The van der Waals surface area contributed by atoms with Crippen molar-refractivity contribution in [2.24, 2.45) is 0 Å². The highest BCUT2D eigenvalue weighted by molar-refractivity contribution is 6.30. The maximum absolute atomic E-state index is 12.7. The highest BCUT2D eigenvalue weighted by Gasteiger charge is 2.23. The molecule has 0 radical (unpaired) electrons. The molecule has 1 aliphatic heterocycles. The normalized spacial score (nSPS) is 14.4. The van der Waals surface area contributed by atoms with E-state index in [1.165, 1.54) is 0 Å². The van der Waals surface area contributed by atoms with E-state index >= 15 is 0 Å². The van der Waals surface area contributed by atoms with Gasteiger partial charge in [-0.05, 0) is 36.8 Å². The number of carbonyl (C=O) groups is 2. The molecule has 3 rings (SSSR count). The number of halogens is 1. The van der Waals surface area contributed by atoms with Crippen LogP contribution in [0.2, 0.25) is 5.02 Å². The van der Waals surface area contributed by atoms with Crippen LogP contribution in [-0.4, -0.2) is 61.5 Å². The summed E-state index contributed by atoms with van der Waals surface area (Å²) in [5.41, 5.74) is 0.562. The van der Waals surface area contributed by atoms with Gasteiger partial charge in [-0.3, -0.25) is 9.59 Å². The van der Waals surface area contributed by atoms with Crippen molar-refractivity contribution in [3.05, 3.63) is 59.1 Å². The molecule has 2 amide bonds. The summed E-state index contributed by atoms with van der Waals surface area (Å²) in [7, 11) is 1.56. The predicted molar refractivity (Wildman–Crippen MR) is 107 cm³/mol. The number of amides is 2. The number of ether oxygens (including phenoxy) is 2. The van der Waals surface area contributed by atoms with Gasteiger partial charge >= 0.3 is 0 Å². The first-order valence-corrected chi connectivity index (χ1v) is 9.54. The molecule has 7 heteroatoms. The number of benzene rings is 2. The van der Waals surface area contributed by atoms with Gasteiger partial charge in [0.2, 0.25) is 0 Å². The first kappa shape index (κ1) is 20.0. The number of methoxy groups -OCH3 is 1. The Morgan fingerprint density at radius 3 is 2.43 bits per heavy atom. The SMILES string of the molecule is COc1ccccc1OCC(=O)N1CCCN(C(=O)c2cccc(Cl)c2)CC1. The van der Waals surface area contributed by atoms with E-state index in [2.05, 4.69) is 0 Å². The van der Waals surface area contributed by atoms with Crippen LogP contribution in [0.25, 0.3) is 0 Å². The molecule has 28 heavy (non-hydrogen) atoms. The zero-order valence-corrected chi connectivity index (χ0v) is 16.5. The summed E-state index contributed by atoms with van der Waals surface area (Å²) in [5.74, 6) is 0.945.